The maximum atomic E-state index is 10.8. The number of carbonyl (C=O) groups is 1. The third-order valence-electron chi connectivity index (χ3n) is 4.42. The summed E-state index contributed by atoms with van der Waals surface area (Å²) in [7, 11) is 0. The quantitative estimate of drug-likeness (QED) is 0.276. The van der Waals surface area contributed by atoms with E-state index in [4.69, 9.17) is 5.11 Å². The molecule has 0 unspecified atom stereocenters. The fourth-order valence-electron chi connectivity index (χ4n) is 2.88. The average molecular weight is 329 g/mol. The van der Waals surface area contributed by atoms with Crippen LogP contribution in [0.5, 0.6) is 0 Å². The van der Waals surface area contributed by atoms with Crippen LogP contribution in [0.2, 0.25) is 0 Å². The number of hydrogen-bond donors (Lipinski definition) is 1. The molecule has 0 spiro atoms. The number of aliphatic carboxylic acids is 1. The fourth-order valence-corrected chi connectivity index (χ4v) is 2.88. The summed E-state index contributed by atoms with van der Waals surface area (Å²) in [6.07, 6.45) is 21.2. The highest BCUT2D eigenvalue weighted by atomic mass is 16.4. The Bertz CT molecular complexity index is 285. The summed E-state index contributed by atoms with van der Waals surface area (Å²) in [4.78, 5) is 10.8. The van der Waals surface area contributed by atoms with Gasteiger partial charge in [-0.3, -0.25) is 0 Å². The topological polar surface area (TPSA) is 68.8 Å². The van der Waals surface area contributed by atoms with Gasteiger partial charge in [-0.05, 0) is 19.8 Å². The Kier molecular flexibility index (Phi) is 20.4. The van der Waals surface area contributed by atoms with Crippen molar-refractivity contribution in [3.63, 3.8) is 0 Å². The first kappa shape index (κ1) is 24.4. The van der Waals surface area contributed by atoms with Crippen molar-refractivity contribution in [3.05, 3.63) is 11.6 Å². The smallest absolute Gasteiger partial charge is 0.331 e. The molecular weight excluding hydrogens is 288 g/mol. The number of carboxylic acids is 1. The van der Waals surface area contributed by atoms with E-state index >= 15 is 0 Å². The Morgan fingerprint density at radius 3 is 1.39 bits per heavy atom. The van der Waals surface area contributed by atoms with Gasteiger partial charge in [-0.15, -0.1) is 0 Å². The molecule has 0 heterocycles. The van der Waals surface area contributed by atoms with Gasteiger partial charge in [-0.25, -0.2) is 4.79 Å². The van der Waals surface area contributed by atoms with E-state index in [1.165, 1.54) is 83.5 Å². The summed E-state index contributed by atoms with van der Waals surface area (Å²) in [5, 5.41) is 8.91. The van der Waals surface area contributed by atoms with Crippen molar-refractivity contribution in [2.24, 2.45) is 0 Å². The Labute approximate surface area is 143 Å². The number of unbranched alkanes of at least 4 members (excludes halogenated alkanes) is 13. The van der Waals surface area contributed by atoms with Crippen molar-refractivity contribution in [2.75, 3.05) is 0 Å². The van der Waals surface area contributed by atoms with Crippen LogP contribution in [0.25, 0.3) is 0 Å². The summed E-state index contributed by atoms with van der Waals surface area (Å²) in [5.74, 6) is -0.753. The van der Waals surface area contributed by atoms with E-state index in [1.54, 1.807) is 6.08 Å². The third-order valence-corrected chi connectivity index (χ3v) is 4.42. The molecule has 0 aliphatic rings. The lowest BCUT2D eigenvalue weighted by Crippen LogP contribution is -1.99. The predicted octanol–water partition coefficient (Wildman–Crippen LogP) is 6.06. The van der Waals surface area contributed by atoms with Crippen LogP contribution in [0.15, 0.2) is 11.6 Å². The van der Waals surface area contributed by atoms with Crippen LogP contribution in [0, 0.1) is 0 Å². The highest BCUT2D eigenvalue weighted by Crippen LogP contribution is 2.14. The minimum atomic E-state index is -0.753. The molecule has 0 aromatic heterocycles. The van der Waals surface area contributed by atoms with Crippen molar-refractivity contribution in [1.29, 1.82) is 0 Å². The van der Waals surface area contributed by atoms with E-state index in [1.807, 2.05) is 6.92 Å². The molecule has 23 heavy (non-hydrogen) atoms. The van der Waals surface area contributed by atoms with Gasteiger partial charge in [0.15, 0.2) is 0 Å². The van der Waals surface area contributed by atoms with Crippen LogP contribution in [0.3, 0.4) is 0 Å². The van der Waals surface area contributed by atoms with E-state index in [0.717, 1.165) is 12.8 Å². The van der Waals surface area contributed by atoms with Crippen LogP contribution < -0.4 is 0 Å². The Morgan fingerprint density at radius 1 is 0.739 bits per heavy atom. The third kappa shape index (κ3) is 17.4. The van der Waals surface area contributed by atoms with E-state index < -0.39 is 5.97 Å². The van der Waals surface area contributed by atoms with Crippen molar-refractivity contribution >= 4 is 5.97 Å². The molecule has 0 atom stereocenters. The van der Waals surface area contributed by atoms with Gasteiger partial charge in [0.25, 0.3) is 0 Å². The SMILES string of the molecule is CC=C(CCCCCCCCCCCCCCCC)C(=O)O.O. The van der Waals surface area contributed by atoms with Crippen molar-refractivity contribution in [1.82, 2.24) is 0 Å². The molecule has 0 aromatic rings. The van der Waals surface area contributed by atoms with Gasteiger partial charge < -0.3 is 10.6 Å². The largest absolute Gasteiger partial charge is 0.478 e. The zero-order valence-electron chi connectivity index (χ0n) is 15.5. The molecule has 0 aliphatic carbocycles. The Morgan fingerprint density at radius 2 is 1.09 bits per heavy atom. The van der Waals surface area contributed by atoms with Crippen LogP contribution in [-0.2, 0) is 4.79 Å². The Hall–Kier alpha value is -0.830. The molecule has 0 bridgehead atoms. The van der Waals surface area contributed by atoms with Crippen molar-refractivity contribution in [3.8, 4) is 0 Å². The molecule has 0 saturated carbocycles. The van der Waals surface area contributed by atoms with Crippen LogP contribution in [0.4, 0.5) is 0 Å². The first-order chi connectivity index (χ1) is 10.7. The van der Waals surface area contributed by atoms with Crippen molar-refractivity contribution < 1.29 is 15.4 Å². The lowest BCUT2D eigenvalue weighted by Gasteiger charge is -2.04. The summed E-state index contributed by atoms with van der Waals surface area (Å²) in [6.45, 7) is 4.08. The molecule has 0 amide bonds. The van der Waals surface area contributed by atoms with Gasteiger partial charge in [0, 0.05) is 5.57 Å². The van der Waals surface area contributed by atoms with Gasteiger partial charge in [-0.1, -0.05) is 96.5 Å². The molecule has 3 heteroatoms. The van der Waals surface area contributed by atoms with Crippen LogP contribution >= 0.6 is 0 Å². The van der Waals surface area contributed by atoms with E-state index in [9.17, 15) is 4.79 Å². The zero-order valence-corrected chi connectivity index (χ0v) is 15.5. The summed E-state index contributed by atoms with van der Waals surface area (Å²) >= 11 is 0. The normalized spacial score (nSPS) is 11.3. The fraction of sp³-hybridized carbons (Fsp3) is 0.850. The molecule has 0 fully saturated rings. The van der Waals surface area contributed by atoms with Gasteiger partial charge in [-0.2, -0.15) is 0 Å². The van der Waals surface area contributed by atoms with E-state index in [2.05, 4.69) is 6.92 Å². The minimum absolute atomic E-state index is 0. The number of hydrogen-bond acceptors (Lipinski definition) is 1. The molecule has 138 valence electrons. The number of carboxylic acid groups (broad SMARTS) is 1. The van der Waals surface area contributed by atoms with Gasteiger partial charge in [0.2, 0.25) is 0 Å². The molecule has 3 nitrogen and oxygen atoms in total. The second-order valence-corrected chi connectivity index (χ2v) is 6.47. The average Bonchev–Trinajstić information content (AvgIpc) is 2.51. The molecule has 0 aromatic carbocycles. The predicted molar refractivity (Wildman–Crippen MR) is 99.9 cm³/mol. The second kappa shape index (κ2) is 19.2. The monoisotopic (exact) mass is 328 g/mol. The second-order valence-electron chi connectivity index (χ2n) is 6.47. The molecule has 0 aliphatic heterocycles. The van der Waals surface area contributed by atoms with Crippen LogP contribution in [0.1, 0.15) is 110 Å². The first-order valence-corrected chi connectivity index (χ1v) is 9.60. The van der Waals surface area contributed by atoms with E-state index in [0.29, 0.717) is 5.57 Å². The standard InChI is InChI=1S/C20H38O2.H2O/c1-3-5-6-7-8-9-10-11-12-13-14-15-16-17-18-19(4-2)20(21)22;/h4H,3,5-18H2,1-2H3,(H,21,22);1H2. The lowest BCUT2D eigenvalue weighted by atomic mass is 10.0. The zero-order chi connectivity index (χ0) is 16.5. The highest BCUT2D eigenvalue weighted by Gasteiger charge is 2.04. The minimum Gasteiger partial charge on any atom is -0.478 e. The highest BCUT2D eigenvalue weighted by molar-refractivity contribution is 5.86. The van der Waals surface area contributed by atoms with E-state index in [-0.39, 0.29) is 5.48 Å². The van der Waals surface area contributed by atoms with Crippen LogP contribution in [-0.4, -0.2) is 16.6 Å². The maximum Gasteiger partial charge on any atom is 0.331 e. The molecule has 0 rings (SSSR count). The summed E-state index contributed by atoms with van der Waals surface area (Å²) < 4.78 is 0. The maximum absolute atomic E-state index is 10.8. The Balaban J connectivity index is 0. The van der Waals surface area contributed by atoms with Gasteiger partial charge >= 0.3 is 5.97 Å². The van der Waals surface area contributed by atoms with Crippen molar-refractivity contribution in [2.45, 2.75) is 110 Å². The molecule has 0 radical (unpaired) electrons. The summed E-state index contributed by atoms with van der Waals surface area (Å²) in [5.41, 5.74) is 0.568. The summed E-state index contributed by atoms with van der Waals surface area (Å²) in [6, 6.07) is 0. The first-order valence-electron chi connectivity index (χ1n) is 9.60. The number of allylic oxidation sites excluding steroid dienone is 1. The van der Waals surface area contributed by atoms with Gasteiger partial charge in [0.1, 0.15) is 0 Å². The van der Waals surface area contributed by atoms with Gasteiger partial charge in [0.05, 0.1) is 0 Å². The lowest BCUT2D eigenvalue weighted by molar-refractivity contribution is -0.132. The molecular formula is C20H40O3. The molecule has 3 N–H and O–H groups in total. The number of rotatable bonds is 16. The molecule has 0 saturated heterocycles.